The lowest BCUT2D eigenvalue weighted by molar-refractivity contribution is 0.0945. The fraction of sp³-hybridized carbons (Fsp3) is 0.176. The standard InChI is InChI=1S/C17H15N5O/c23-17-15-11-20-22(16(15)6-7-18-17)14-9-13(21-19-10-14)8-12-4-2-1-3-5-12/h1-5,9-11H,6-8H2,(H,18,23). The monoisotopic (exact) mass is 305 g/mol. The molecule has 2 aromatic heterocycles. The second kappa shape index (κ2) is 5.64. The third kappa shape index (κ3) is 2.59. The van der Waals surface area contributed by atoms with Crippen molar-refractivity contribution < 1.29 is 4.79 Å². The van der Waals surface area contributed by atoms with Gasteiger partial charge in [-0.05, 0) is 11.6 Å². The fourth-order valence-electron chi connectivity index (χ4n) is 2.82. The third-order valence-electron chi connectivity index (χ3n) is 3.92. The predicted octanol–water partition coefficient (Wildman–Crippen LogP) is 1.54. The van der Waals surface area contributed by atoms with E-state index in [9.17, 15) is 4.79 Å². The van der Waals surface area contributed by atoms with Crippen LogP contribution in [-0.4, -0.2) is 32.4 Å². The van der Waals surface area contributed by atoms with Crippen molar-refractivity contribution in [2.45, 2.75) is 12.8 Å². The highest BCUT2D eigenvalue weighted by Gasteiger charge is 2.22. The van der Waals surface area contributed by atoms with Crippen LogP contribution in [0.5, 0.6) is 0 Å². The zero-order valence-corrected chi connectivity index (χ0v) is 12.4. The van der Waals surface area contributed by atoms with E-state index in [1.54, 1.807) is 17.1 Å². The lowest BCUT2D eigenvalue weighted by Crippen LogP contribution is -2.32. The number of hydrogen-bond acceptors (Lipinski definition) is 4. The normalized spacial score (nSPS) is 13.5. The van der Waals surface area contributed by atoms with Crippen molar-refractivity contribution in [3.63, 3.8) is 0 Å². The maximum atomic E-state index is 11.8. The average molecular weight is 305 g/mol. The van der Waals surface area contributed by atoms with Crippen LogP contribution < -0.4 is 5.32 Å². The number of aromatic nitrogens is 4. The molecule has 3 heterocycles. The van der Waals surface area contributed by atoms with Crippen LogP contribution in [0, 0.1) is 0 Å². The minimum atomic E-state index is -0.0657. The lowest BCUT2D eigenvalue weighted by atomic mass is 10.1. The molecule has 0 spiro atoms. The minimum absolute atomic E-state index is 0.0657. The number of amides is 1. The zero-order chi connectivity index (χ0) is 15.6. The Morgan fingerprint density at radius 1 is 1.17 bits per heavy atom. The number of rotatable bonds is 3. The quantitative estimate of drug-likeness (QED) is 0.796. The molecule has 0 aliphatic carbocycles. The average Bonchev–Trinajstić information content (AvgIpc) is 3.02. The van der Waals surface area contributed by atoms with Crippen LogP contribution in [0.25, 0.3) is 5.69 Å². The van der Waals surface area contributed by atoms with Gasteiger partial charge in [-0.2, -0.15) is 15.3 Å². The maximum absolute atomic E-state index is 11.8. The molecule has 0 fully saturated rings. The summed E-state index contributed by atoms with van der Waals surface area (Å²) in [6.45, 7) is 0.632. The van der Waals surface area contributed by atoms with Gasteiger partial charge in [-0.1, -0.05) is 30.3 Å². The maximum Gasteiger partial charge on any atom is 0.254 e. The molecule has 0 unspecified atom stereocenters. The highest BCUT2D eigenvalue weighted by atomic mass is 16.1. The molecular formula is C17H15N5O. The topological polar surface area (TPSA) is 72.7 Å². The summed E-state index contributed by atoms with van der Waals surface area (Å²) in [5.74, 6) is -0.0657. The van der Waals surface area contributed by atoms with Crippen LogP contribution in [0.4, 0.5) is 0 Å². The zero-order valence-electron chi connectivity index (χ0n) is 12.4. The summed E-state index contributed by atoms with van der Waals surface area (Å²) >= 11 is 0. The number of carbonyl (C=O) groups excluding carboxylic acids is 1. The van der Waals surface area contributed by atoms with Gasteiger partial charge in [0, 0.05) is 19.4 Å². The van der Waals surface area contributed by atoms with Gasteiger partial charge in [0.15, 0.2) is 0 Å². The molecule has 0 saturated heterocycles. The Bertz CT molecular complexity index is 856. The molecule has 0 atom stereocenters. The molecule has 0 saturated carbocycles. The Kier molecular flexibility index (Phi) is 3.34. The molecule has 0 bridgehead atoms. The first kappa shape index (κ1) is 13.6. The molecule has 1 aliphatic heterocycles. The Hall–Kier alpha value is -3.02. The van der Waals surface area contributed by atoms with Crippen molar-refractivity contribution in [3.8, 4) is 5.69 Å². The summed E-state index contributed by atoms with van der Waals surface area (Å²) in [7, 11) is 0. The molecule has 1 aliphatic rings. The Balaban J connectivity index is 1.68. The summed E-state index contributed by atoms with van der Waals surface area (Å²) < 4.78 is 1.79. The fourth-order valence-corrected chi connectivity index (χ4v) is 2.82. The molecule has 1 N–H and O–H groups in total. The van der Waals surface area contributed by atoms with Gasteiger partial charge in [0.1, 0.15) is 0 Å². The second-order valence-electron chi connectivity index (χ2n) is 5.49. The van der Waals surface area contributed by atoms with Gasteiger partial charge < -0.3 is 5.32 Å². The molecule has 3 aromatic rings. The Morgan fingerprint density at radius 2 is 2.04 bits per heavy atom. The molecule has 1 amide bonds. The van der Waals surface area contributed by atoms with Crippen molar-refractivity contribution in [1.82, 2.24) is 25.3 Å². The Labute approximate surface area is 133 Å². The summed E-state index contributed by atoms with van der Waals surface area (Å²) in [5, 5.41) is 15.5. The molecule has 114 valence electrons. The van der Waals surface area contributed by atoms with Gasteiger partial charge in [0.2, 0.25) is 0 Å². The van der Waals surface area contributed by atoms with E-state index in [-0.39, 0.29) is 5.91 Å². The molecule has 0 radical (unpaired) electrons. The molecule has 4 rings (SSSR count). The number of fused-ring (bicyclic) bond motifs is 1. The Morgan fingerprint density at radius 3 is 2.91 bits per heavy atom. The van der Waals surface area contributed by atoms with Gasteiger partial charge in [-0.25, -0.2) is 4.68 Å². The number of carbonyl (C=O) groups is 1. The van der Waals surface area contributed by atoms with E-state index in [0.717, 1.165) is 23.5 Å². The van der Waals surface area contributed by atoms with Crippen LogP contribution >= 0.6 is 0 Å². The third-order valence-corrected chi connectivity index (χ3v) is 3.92. The van der Waals surface area contributed by atoms with Crippen molar-refractivity contribution in [1.29, 1.82) is 0 Å². The minimum Gasteiger partial charge on any atom is -0.352 e. The van der Waals surface area contributed by atoms with Crippen LogP contribution in [0.2, 0.25) is 0 Å². The highest BCUT2D eigenvalue weighted by molar-refractivity contribution is 5.96. The molecule has 23 heavy (non-hydrogen) atoms. The van der Waals surface area contributed by atoms with E-state index in [1.165, 1.54) is 5.56 Å². The van der Waals surface area contributed by atoms with Gasteiger partial charge in [-0.3, -0.25) is 4.79 Å². The van der Waals surface area contributed by atoms with Crippen molar-refractivity contribution in [2.24, 2.45) is 0 Å². The van der Waals surface area contributed by atoms with E-state index in [1.807, 2.05) is 24.3 Å². The van der Waals surface area contributed by atoms with E-state index >= 15 is 0 Å². The predicted molar refractivity (Wildman–Crippen MR) is 84.4 cm³/mol. The molecular weight excluding hydrogens is 290 g/mol. The van der Waals surface area contributed by atoms with Gasteiger partial charge in [-0.15, -0.1) is 0 Å². The SMILES string of the molecule is O=C1NCCc2c1cnn2-c1cnnc(Cc2ccccc2)c1. The van der Waals surface area contributed by atoms with Gasteiger partial charge >= 0.3 is 0 Å². The first-order valence-electron chi connectivity index (χ1n) is 7.52. The van der Waals surface area contributed by atoms with E-state index < -0.39 is 0 Å². The first-order valence-corrected chi connectivity index (χ1v) is 7.52. The van der Waals surface area contributed by atoms with Crippen molar-refractivity contribution >= 4 is 5.91 Å². The van der Waals surface area contributed by atoms with Crippen LogP contribution in [0.3, 0.4) is 0 Å². The lowest BCUT2D eigenvalue weighted by Gasteiger charge is -2.14. The highest BCUT2D eigenvalue weighted by Crippen LogP contribution is 2.18. The summed E-state index contributed by atoms with van der Waals surface area (Å²) in [6, 6.07) is 12.1. The van der Waals surface area contributed by atoms with Crippen LogP contribution in [0.15, 0.2) is 48.8 Å². The number of benzene rings is 1. The van der Waals surface area contributed by atoms with E-state index in [4.69, 9.17) is 0 Å². The van der Waals surface area contributed by atoms with Gasteiger partial charge in [0.25, 0.3) is 5.91 Å². The van der Waals surface area contributed by atoms with E-state index in [2.05, 4.69) is 32.7 Å². The smallest absolute Gasteiger partial charge is 0.254 e. The number of nitrogens with one attached hydrogen (secondary N) is 1. The molecule has 6 nitrogen and oxygen atoms in total. The second-order valence-corrected chi connectivity index (χ2v) is 5.49. The molecule has 1 aromatic carbocycles. The van der Waals surface area contributed by atoms with Crippen LogP contribution in [-0.2, 0) is 12.8 Å². The summed E-state index contributed by atoms with van der Waals surface area (Å²) in [6.07, 6.45) is 4.76. The van der Waals surface area contributed by atoms with Gasteiger partial charge in [0.05, 0.1) is 35.0 Å². The van der Waals surface area contributed by atoms with Crippen LogP contribution in [0.1, 0.15) is 27.3 Å². The number of nitrogens with zero attached hydrogens (tertiary/aromatic N) is 4. The largest absolute Gasteiger partial charge is 0.352 e. The van der Waals surface area contributed by atoms with E-state index in [0.29, 0.717) is 18.5 Å². The number of hydrogen-bond donors (Lipinski definition) is 1. The van der Waals surface area contributed by atoms with Crippen molar-refractivity contribution in [2.75, 3.05) is 6.54 Å². The summed E-state index contributed by atoms with van der Waals surface area (Å²) in [4.78, 5) is 11.8. The molecule has 6 heteroatoms. The first-order chi connectivity index (χ1) is 11.3. The summed E-state index contributed by atoms with van der Waals surface area (Å²) in [5.41, 5.74) is 4.45. The van der Waals surface area contributed by atoms with Crippen molar-refractivity contribution in [3.05, 3.63) is 71.3 Å².